The molecule has 100 valence electrons. The number of carbonyl (C=O) groups is 1. The van der Waals surface area contributed by atoms with Crippen molar-refractivity contribution in [3.8, 4) is 5.75 Å². The van der Waals surface area contributed by atoms with Crippen molar-refractivity contribution < 1.29 is 9.53 Å². The van der Waals surface area contributed by atoms with Crippen LogP contribution in [0.4, 0.5) is 5.95 Å². The van der Waals surface area contributed by atoms with Gasteiger partial charge in [-0.2, -0.15) is 0 Å². The summed E-state index contributed by atoms with van der Waals surface area (Å²) in [4.78, 5) is 18.4. The standard InChI is InChI=1S/C14H17N3O2/c1-10-4-3-5-11(2)13(10)19-9-6-12(18)17-14-15-7-8-16-14/h3-5,7-8H,6,9H2,1-2H3,(H2,15,16,17,18). The Morgan fingerprint density at radius 1 is 1.37 bits per heavy atom. The van der Waals surface area contributed by atoms with E-state index in [2.05, 4.69) is 15.3 Å². The van der Waals surface area contributed by atoms with Gasteiger partial charge in [-0.05, 0) is 25.0 Å². The summed E-state index contributed by atoms with van der Waals surface area (Å²) >= 11 is 0. The van der Waals surface area contributed by atoms with E-state index in [9.17, 15) is 4.79 Å². The molecule has 0 saturated carbocycles. The molecule has 2 N–H and O–H groups in total. The van der Waals surface area contributed by atoms with Crippen LogP contribution in [0.15, 0.2) is 30.6 Å². The van der Waals surface area contributed by atoms with E-state index in [0.29, 0.717) is 12.6 Å². The summed E-state index contributed by atoms with van der Waals surface area (Å²) in [5.41, 5.74) is 2.15. The Bertz CT molecular complexity index is 530. The third kappa shape index (κ3) is 3.58. The Labute approximate surface area is 112 Å². The van der Waals surface area contributed by atoms with Gasteiger partial charge < -0.3 is 9.72 Å². The van der Waals surface area contributed by atoms with Gasteiger partial charge in [0.1, 0.15) is 5.75 Å². The van der Waals surface area contributed by atoms with E-state index in [4.69, 9.17) is 4.74 Å². The number of nitrogens with zero attached hydrogens (tertiary/aromatic N) is 1. The molecule has 0 aliphatic heterocycles. The number of carbonyl (C=O) groups excluding carboxylic acids is 1. The van der Waals surface area contributed by atoms with E-state index >= 15 is 0 Å². The fraction of sp³-hybridized carbons (Fsp3) is 0.286. The van der Waals surface area contributed by atoms with Crippen LogP contribution in [0.25, 0.3) is 0 Å². The highest BCUT2D eigenvalue weighted by Gasteiger charge is 2.06. The average Bonchev–Trinajstić information content (AvgIpc) is 2.85. The SMILES string of the molecule is Cc1cccc(C)c1OCCC(=O)Nc1ncc[nH]1. The number of amides is 1. The highest BCUT2D eigenvalue weighted by atomic mass is 16.5. The molecular formula is C14H17N3O2. The van der Waals surface area contributed by atoms with E-state index in [1.165, 1.54) is 0 Å². The van der Waals surface area contributed by atoms with Crippen molar-refractivity contribution in [1.29, 1.82) is 0 Å². The minimum Gasteiger partial charge on any atom is -0.493 e. The molecule has 0 atom stereocenters. The third-order valence-electron chi connectivity index (χ3n) is 2.74. The molecule has 0 radical (unpaired) electrons. The Balaban J connectivity index is 1.82. The van der Waals surface area contributed by atoms with Gasteiger partial charge in [0, 0.05) is 12.4 Å². The molecule has 2 aromatic rings. The van der Waals surface area contributed by atoms with Gasteiger partial charge in [-0.25, -0.2) is 4.98 Å². The van der Waals surface area contributed by atoms with Crippen molar-refractivity contribution in [2.75, 3.05) is 11.9 Å². The maximum Gasteiger partial charge on any atom is 0.230 e. The summed E-state index contributed by atoms with van der Waals surface area (Å²) in [6.45, 7) is 4.33. The van der Waals surface area contributed by atoms with Crippen molar-refractivity contribution >= 4 is 11.9 Å². The number of imidazole rings is 1. The minimum atomic E-state index is -0.124. The Morgan fingerprint density at radius 3 is 2.74 bits per heavy atom. The van der Waals surface area contributed by atoms with Gasteiger partial charge in [0.2, 0.25) is 11.9 Å². The van der Waals surface area contributed by atoms with Crippen LogP contribution in [0.2, 0.25) is 0 Å². The van der Waals surface area contributed by atoms with Crippen LogP contribution in [0, 0.1) is 13.8 Å². The topological polar surface area (TPSA) is 67.0 Å². The normalized spacial score (nSPS) is 10.2. The molecule has 0 aliphatic carbocycles. The molecule has 2 rings (SSSR count). The first-order valence-electron chi connectivity index (χ1n) is 6.15. The van der Waals surface area contributed by atoms with E-state index < -0.39 is 0 Å². The van der Waals surface area contributed by atoms with Crippen molar-refractivity contribution in [3.63, 3.8) is 0 Å². The first-order chi connectivity index (χ1) is 9.16. The molecule has 1 aromatic heterocycles. The first-order valence-corrected chi connectivity index (χ1v) is 6.15. The van der Waals surface area contributed by atoms with Crippen molar-refractivity contribution in [2.24, 2.45) is 0 Å². The largest absolute Gasteiger partial charge is 0.493 e. The molecule has 1 aromatic carbocycles. The highest BCUT2D eigenvalue weighted by molar-refractivity contribution is 5.88. The Kier molecular flexibility index (Phi) is 4.18. The van der Waals surface area contributed by atoms with E-state index in [-0.39, 0.29) is 12.3 Å². The van der Waals surface area contributed by atoms with Crippen LogP contribution < -0.4 is 10.1 Å². The van der Waals surface area contributed by atoms with Crippen LogP contribution >= 0.6 is 0 Å². The zero-order valence-electron chi connectivity index (χ0n) is 11.1. The number of anilines is 1. The van der Waals surface area contributed by atoms with Crippen molar-refractivity contribution in [3.05, 3.63) is 41.7 Å². The summed E-state index contributed by atoms with van der Waals surface area (Å²) in [5, 5.41) is 2.65. The number of hydrogen-bond donors (Lipinski definition) is 2. The zero-order valence-corrected chi connectivity index (χ0v) is 11.1. The quantitative estimate of drug-likeness (QED) is 0.866. The van der Waals surface area contributed by atoms with Crippen LogP contribution in [0.1, 0.15) is 17.5 Å². The van der Waals surface area contributed by atoms with Crippen molar-refractivity contribution in [2.45, 2.75) is 20.3 Å². The molecule has 0 saturated heterocycles. The number of benzene rings is 1. The lowest BCUT2D eigenvalue weighted by Crippen LogP contribution is -2.16. The number of H-pyrrole nitrogens is 1. The summed E-state index contributed by atoms with van der Waals surface area (Å²) in [6.07, 6.45) is 3.53. The van der Waals surface area contributed by atoms with Crippen LogP contribution in [0.3, 0.4) is 0 Å². The number of hydrogen-bond acceptors (Lipinski definition) is 3. The molecule has 0 aliphatic rings. The molecule has 19 heavy (non-hydrogen) atoms. The van der Waals surface area contributed by atoms with E-state index in [1.54, 1.807) is 12.4 Å². The fourth-order valence-corrected chi connectivity index (χ4v) is 1.80. The lowest BCUT2D eigenvalue weighted by atomic mass is 10.1. The third-order valence-corrected chi connectivity index (χ3v) is 2.74. The van der Waals surface area contributed by atoms with Gasteiger partial charge in [0.05, 0.1) is 13.0 Å². The van der Waals surface area contributed by atoms with Crippen molar-refractivity contribution in [1.82, 2.24) is 9.97 Å². The minimum absolute atomic E-state index is 0.124. The lowest BCUT2D eigenvalue weighted by Gasteiger charge is -2.11. The van der Waals surface area contributed by atoms with Gasteiger partial charge in [-0.1, -0.05) is 18.2 Å². The maximum absolute atomic E-state index is 11.6. The Hall–Kier alpha value is -2.30. The summed E-state index contributed by atoms with van der Waals surface area (Å²) in [7, 11) is 0. The second kappa shape index (κ2) is 6.04. The fourth-order valence-electron chi connectivity index (χ4n) is 1.80. The van der Waals surface area contributed by atoms with Gasteiger partial charge in [-0.15, -0.1) is 0 Å². The van der Waals surface area contributed by atoms with Gasteiger partial charge in [0.15, 0.2) is 0 Å². The van der Waals surface area contributed by atoms with Gasteiger partial charge in [0.25, 0.3) is 0 Å². The average molecular weight is 259 g/mol. The number of aromatic amines is 1. The molecule has 5 heteroatoms. The highest BCUT2D eigenvalue weighted by Crippen LogP contribution is 2.22. The van der Waals surface area contributed by atoms with E-state index in [1.807, 2.05) is 32.0 Å². The number of rotatable bonds is 5. The smallest absolute Gasteiger partial charge is 0.230 e. The molecule has 0 spiro atoms. The lowest BCUT2D eigenvalue weighted by molar-refractivity contribution is -0.116. The number of para-hydroxylation sites is 1. The molecular weight excluding hydrogens is 242 g/mol. The molecule has 0 unspecified atom stereocenters. The second-order valence-electron chi connectivity index (χ2n) is 4.31. The number of ether oxygens (including phenoxy) is 1. The first kappa shape index (κ1) is 13.1. The van der Waals surface area contributed by atoms with Gasteiger partial charge in [-0.3, -0.25) is 10.1 Å². The summed E-state index contributed by atoms with van der Waals surface area (Å²) in [6, 6.07) is 5.97. The predicted molar refractivity (Wildman–Crippen MR) is 73.2 cm³/mol. The molecule has 1 amide bonds. The van der Waals surface area contributed by atoms with Crippen LogP contribution in [-0.2, 0) is 4.79 Å². The predicted octanol–water partition coefficient (Wildman–Crippen LogP) is 2.43. The van der Waals surface area contributed by atoms with Crippen LogP contribution in [-0.4, -0.2) is 22.5 Å². The molecule has 5 nitrogen and oxygen atoms in total. The zero-order chi connectivity index (χ0) is 13.7. The molecule has 1 heterocycles. The Morgan fingerprint density at radius 2 is 2.11 bits per heavy atom. The molecule has 0 bridgehead atoms. The van der Waals surface area contributed by atoms with Gasteiger partial charge >= 0.3 is 0 Å². The summed E-state index contributed by atoms with van der Waals surface area (Å²) in [5.74, 6) is 1.19. The number of aromatic nitrogens is 2. The second-order valence-corrected chi connectivity index (χ2v) is 4.31. The molecule has 0 fully saturated rings. The van der Waals surface area contributed by atoms with Crippen LogP contribution in [0.5, 0.6) is 5.75 Å². The van der Waals surface area contributed by atoms with E-state index in [0.717, 1.165) is 16.9 Å². The summed E-state index contributed by atoms with van der Waals surface area (Å²) < 4.78 is 5.67. The maximum atomic E-state index is 11.6. The number of nitrogens with one attached hydrogen (secondary N) is 2. The monoisotopic (exact) mass is 259 g/mol. The number of aryl methyl sites for hydroxylation is 2.